The maximum Gasteiger partial charge on any atom is 0.413 e. The van der Waals surface area contributed by atoms with E-state index in [0.29, 0.717) is 18.3 Å². The van der Waals surface area contributed by atoms with E-state index in [1.165, 1.54) is 17.0 Å². The molecule has 0 radical (unpaired) electrons. The van der Waals surface area contributed by atoms with Crippen molar-refractivity contribution in [2.45, 2.75) is 24.5 Å². The molecule has 0 aliphatic rings. The van der Waals surface area contributed by atoms with E-state index < -0.39 is 23.7 Å². The minimum atomic E-state index is -2.60. The number of nitrogens with one attached hydrogen (secondary N) is 2. The third kappa shape index (κ3) is 8.26. The summed E-state index contributed by atoms with van der Waals surface area (Å²) in [5.74, 6) is -3.67. The Kier molecular flexibility index (Phi) is 9.60. The van der Waals surface area contributed by atoms with Gasteiger partial charge in [-0.1, -0.05) is 30.8 Å². The second-order valence-corrected chi connectivity index (χ2v) is 6.03. The first-order chi connectivity index (χ1) is 12.3. The molecule has 0 spiro atoms. The maximum absolute atomic E-state index is 12.6. The van der Waals surface area contributed by atoms with Gasteiger partial charge in [0.25, 0.3) is 5.76 Å². The number of carbonyl (C=O) groups is 3. The van der Waals surface area contributed by atoms with E-state index in [2.05, 4.69) is 10.1 Å². The lowest BCUT2D eigenvalue weighted by Crippen LogP contribution is -2.43. The third-order valence-corrected chi connectivity index (χ3v) is 3.86. The zero-order valence-electron chi connectivity index (χ0n) is 14.5. The maximum atomic E-state index is 12.6. The molecule has 26 heavy (non-hydrogen) atoms. The molecule has 0 bridgehead atoms. The van der Waals surface area contributed by atoms with Crippen molar-refractivity contribution >= 4 is 35.4 Å². The van der Waals surface area contributed by atoms with Crippen LogP contribution in [0.1, 0.15) is 13.8 Å². The number of ether oxygens (including phenoxy) is 1. The minimum Gasteiger partial charge on any atom is -0.450 e. The van der Waals surface area contributed by atoms with Crippen LogP contribution in [0.5, 0.6) is 0 Å². The molecule has 1 aromatic rings. The second kappa shape index (κ2) is 11.4. The fourth-order valence-corrected chi connectivity index (χ4v) is 2.56. The van der Waals surface area contributed by atoms with E-state index in [4.69, 9.17) is 0 Å². The van der Waals surface area contributed by atoms with Gasteiger partial charge in [0.15, 0.2) is 0 Å². The molecule has 7 nitrogen and oxygen atoms in total. The average molecular weight is 389 g/mol. The Hall–Kier alpha value is -2.20. The lowest BCUT2D eigenvalue weighted by molar-refractivity contribution is -0.122. The van der Waals surface area contributed by atoms with Crippen molar-refractivity contribution in [2.24, 2.45) is 0 Å². The predicted molar refractivity (Wildman–Crippen MR) is 94.2 cm³/mol. The standard InChI is InChI=1S/C16H21F2N3O4S/c1-3-21(10-14(23)20-16(24)25-4-2)9-13(22)19-11-7-5-6-8-12(11)26-15(17)18/h5-8,15H,3-4,9-10H2,1-2H3,(H,19,22)(H,20,23,24). The van der Waals surface area contributed by atoms with Crippen LogP contribution in [-0.2, 0) is 14.3 Å². The number of hydrogen-bond donors (Lipinski definition) is 2. The number of carbonyl (C=O) groups excluding carboxylic acids is 3. The van der Waals surface area contributed by atoms with Crippen molar-refractivity contribution in [2.75, 3.05) is 31.6 Å². The van der Waals surface area contributed by atoms with Crippen LogP contribution in [0.25, 0.3) is 0 Å². The van der Waals surface area contributed by atoms with Gasteiger partial charge in [0, 0.05) is 4.90 Å². The topological polar surface area (TPSA) is 87.7 Å². The molecule has 0 heterocycles. The van der Waals surface area contributed by atoms with Gasteiger partial charge in [0.1, 0.15) is 0 Å². The summed E-state index contributed by atoms with van der Waals surface area (Å²) in [5.41, 5.74) is 0.273. The number of thioether (sulfide) groups is 1. The van der Waals surface area contributed by atoms with E-state index in [1.54, 1.807) is 26.0 Å². The third-order valence-electron chi connectivity index (χ3n) is 3.08. The van der Waals surface area contributed by atoms with Gasteiger partial charge in [-0.15, -0.1) is 0 Å². The van der Waals surface area contributed by atoms with Gasteiger partial charge in [0.2, 0.25) is 11.8 Å². The summed E-state index contributed by atoms with van der Waals surface area (Å²) < 4.78 is 29.7. The molecule has 0 atom stereocenters. The number of benzene rings is 1. The van der Waals surface area contributed by atoms with Gasteiger partial charge in [0.05, 0.1) is 25.4 Å². The Morgan fingerprint density at radius 2 is 1.81 bits per heavy atom. The Balaban J connectivity index is 2.59. The van der Waals surface area contributed by atoms with Crippen LogP contribution in [0, 0.1) is 0 Å². The molecule has 0 saturated carbocycles. The Bertz CT molecular complexity index is 631. The van der Waals surface area contributed by atoms with Crippen molar-refractivity contribution in [3.63, 3.8) is 0 Å². The molecule has 0 aromatic heterocycles. The molecule has 1 aromatic carbocycles. The molecule has 0 fully saturated rings. The number of rotatable bonds is 9. The molecule has 0 aliphatic heterocycles. The van der Waals surface area contributed by atoms with Crippen molar-refractivity contribution < 1.29 is 27.9 Å². The summed E-state index contributed by atoms with van der Waals surface area (Å²) in [4.78, 5) is 36.8. The number of anilines is 1. The van der Waals surface area contributed by atoms with Gasteiger partial charge in [-0.25, -0.2) is 4.79 Å². The van der Waals surface area contributed by atoms with E-state index in [-0.39, 0.29) is 30.3 Å². The predicted octanol–water partition coefficient (Wildman–Crippen LogP) is 2.53. The smallest absolute Gasteiger partial charge is 0.413 e. The van der Waals surface area contributed by atoms with Crippen molar-refractivity contribution in [1.82, 2.24) is 10.2 Å². The summed E-state index contributed by atoms with van der Waals surface area (Å²) in [6.07, 6.45) is -0.851. The zero-order chi connectivity index (χ0) is 19.5. The molecule has 1 rings (SSSR count). The Morgan fingerprint density at radius 1 is 1.15 bits per heavy atom. The first-order valence-electron chi connectivity index (χ1n) is 7.88. The van der Waals surface area contributed by atoms with Crippen LogP contribution < -0.4 is 10.6 Å². The molecule has 2 N–H and O–H groups in total. The molecule has 0 aliphatic carbocycles. The van der Waals surface area contributed by atoms with E-state index in [0.717, 1.165) is 0 Å². The monoisotopic (exact) mass is 389 g/mol. The van der Waals surface area contributed by atoms with Crippen LogP contribution in [-0.4, -0.2) is 54.8 Å². The van der Waals surface area contributed by atoms with E-state index in [1.807, 2.05) is 5.32 Å². The van der Waals surface area contributed by atoms with Crippen LogP contribution in [0.2, 0.25) is 0 Å². The Morgan fingerprint density at radius 3 is 2.42 bits per heavy atom. The highest BCUT2D eigenvalue weighted by Crippen LogP contribution is 2.31. The fraction of sp³-hybridized carbons (Fsp3) is 0.438. The highest BCUT2D eigenvalue weighted by molar-refractivity contribution is 7.99. The molecular formula is C16H21F2N3O4S. The van der Waals surface area contributed by atoms with Crippen LogP contribution in [0.4, 0.5) is 19.3 Å². The highest BCUT2D eigenvalue weighted by Gasteiger charge is 2.17. The Labute approximate surface area is 154 Å². The number of likely N-dealkylation sites (N-methyl/N-ethyl adjacent to an activating group) is 1. The number of halogens is 2. The fourth-order valence-electron chi connectivity index (χ4n) is 1.96. The summed E-state index contributed by atoms with van der Waals surface area (Å²) in [6.45, 7) is 3.53. The first-order valence-corrected chi connectivity index (χ1v) is 8.76. The molecule has 0 unspecified atom stereocenters. The van der Waals surface area contributed by atoms with Crippen molar-refractivity contribution in [3.8, 4) is 0 Å². The normalized spacial score (nSPS) is 10.7. The molecular weight excluding hydrogens is 368 g/mol. The van der Waals surface area contributed by atoms with Gasteiger partial charge in [-0.05, 0) is 25.6 Å². The van der Waals surface area contributed by atoms with Gasteiger partial charge in [-0.2, -0.15) is 8.78 Å². The van der Waals surface area contributed by atoms with Crippen LogP contribution in [0.15, 0.2) is 29.2 Å². The van der Waals surface area contributed by atoms with Gasteiger partial charge in [-0.3, -0.25) is 19.8 Å². The number of nitrogens with zero attached hydrogens (tertiary/aromatic N) is 1. The number of amides is 3. The molecule has 0 saturated heterocycles. The number of alkyl carbamates (subject to hydrolysis) is 1. The average Bonchev–Trinajstić information content (AvgIpc) is 2.55. The zero-order valence-corrected chi connectivity index (χ0v) is 15.3. The lowest BCUT2D eigenvalue weighted by Gasteiger charge is -2.19. The van der Waals surface area contributed by atoms with Gasteiger partial charge >= 0.3 is 6.09 Å². The number of alkyl halides is 2. The minimum absolute atomic E-state index is 0.134. The molecule has 3 amide bonds. The number of hydrogen-bond acceptors (Lipinski definition) is 6. The van der Waals surface area contributed by atoms with E-state index in [9.17, 15) is 23.2 Å². The summed E-state index contributed by atoms with van der Waals surface area (Å²) >= 11 is 0.337. The second-order valence-electron chi connectivity index (χ2n) is 4.99. The largest absolute Gasteiger partial charge is 0.450 e. The van der Waals surface area contributed by atoms with E-state index >= 15 is 0 Å². The summed E-state index contributed by atoms with van der Waals surface area (Å²) in [7, 11) is 0. The summed E-state index contributed by atoms with van der Waals surface area (Å²) in [5, 5.41) is 4.60. The quantitative estimate of drug-likeness (QED) is 0.631. The first kappa shape index (κ1) is 21.8. The van der Waals surface area contributed by atoms with Crippen LogP contribution >= 0.6 is 11.8 Å². The number of para-hydroxylation sites is 1. The molecule has 144 valence electrons. The SMILES string of the molecule is CCOC(=O)NC(=O)CN(CC)CC(=O)Nc1ccccc1SC(F)F. The lowest BCUT2D eigenvalue weighted by atomic mass is 10.3. The molecule has 10 heteroatoms. The summed E-state index contributed by atoms with van der Waals surface area (Å²) in [6, 6.07) is 6.22. The number of imide groups is 1. The van der Waals surface area contributed by atoms with Crippen LogP contribution in [0.3, 0.4) is 0 Å². The van der Waals surface area contributed by atoms with Crippen molar-refractivity contribution in [3.05, 3.63) is 24.3 Å². The highest BCUT2D eigenvalue weighted by atomic mass is 32.2. The van der Waals surface area contributed by atoms with Crippen molar-refractivity contribution in [1.29, 1.82) is 0 Å². The van der Waals surface area contributed by atoms with Gasteiger partial charge < -0.3 is 10.1 Å².